The second-order valence-corrected chi connectivity index (χ2v) is 5.11. The molecule has 0 bridgehead atoms. The maximum absolute atomic E-state index is 11.8. The fourth-order valence-corrected chi connectivity index (χ4v) is 2.34. The number of amides is 1. The molecule has 0 aliphatic carbocycles. The number of hydrogen-bond acceptors (Lipinski definition) is 4. The second-order valence-electron chi connectivity index (χ2n) is 5.11. The third kappa shape index (κ3) is 3.95. The molecule has 5 nitrogen and oxygen atoms in total. The van der Waals surface area contributed by atoms with Crippen molar-refractivity contribution in [3.8, 4) is 5.75 Å². The Morgan fingerprint density at radius 2 is 2.10 bits per heavy atom. The van der Waals surface area contributed by atoms with Crippen LogP contribution in [0.5, 0.6) is 5.75 Å². The van der Waals surface area contributed by atoms with Crippen molar-refractivity contribution >= 4 is 5.91 Å². The number of likely N-dealkylation sites (N-methyl/N-ethyl adjacent to an activating group) is 1. The molecule has 1 aliphatic rings. The molecule has 2 N–H and O–H groups in total. The first kappa shape index (κ1) is 14.8. The molecule has 1 saturated heterocycles. The average Bonchev–Trinajstić information content (AvgIpc) is 2.61. The first-order valence-corrected chi connectivity index (χ1v) is 7.08. The maximum atomic E-state index is 11.8. The van der Waals surface area contributed by atoms with Crippen LogP contribution in [0.15, 0.2) is 24.3 Å². The van der Waals surface area contributed by atoms with Crippen LogP contribution < -0.4 is 10.5 Å². The van der Waals surface area contributed by atoms with Crippen molar-refractivity contribution in [2.75, 3.05) is 39.8 Å². The van der Waals surface area contributed by atoms with Gasteiger partial charge in [-0.1, -0.05) is 18.2 Å². The second kappa shape index (κ2) is 7.26. The topological polar surface area (TPSA) is 58.8 Å². The van der Waals surface area contributed by atoms with Gasteiger partial charge >= 0.3 is 0 Å². The normalized spacial score (nSPS) is 17.1. The molecule has 0 unspecified atom stereocenters. The van der Waals surface area contributed by atoms with E-state index in [1.165, 1.54) is 0 Å². The molecule has 1 heterocycles. The van der Waals surface area contributed by atoms with Crippen LogP contribution in [0.25, 0.3) is 0 Å². The molecule has 0 radical (unpaired) electrons. The van der Waals surface area contributed by atoms with E-state index in [1.807, 2.05) is 31.3 Å². The van der Waals surface area contributed by atoms with Gasteiger partial charge in [0.05, 0.1) is 6.54 Å². The van der Waals surface area contributed by atoms with Crippen molar-refractivity contribution in [3.05, 3.63) is 29.8 Å². The van der Waals surface area contributed by atoms with E-state index in [1.54, 1.807) is 4.90 Å². The number of benzene rings is 1. The third-order valence-corrected chi connectivity index (χ3v) is 3.61. The highest BCUT2D eigenvalue weighted by molar-refractivity contribution is 5.78. The first-order chi connectivity index (χ1) is 9.70. The van der Waals surface area contributed by atoms with Crippen molar-refractivity contribution in [2.24, 2.45) is 5.73 Å². The van der Waals surface area contributed by atoms with E-state index in [4.69, 9.17) is 10.5 Å². The molecule has 1 aromatic carbocycles. The van der Waals surface area contributed by atoms with Crippen molar-refractivity contribution in [1.29, 1.82) is 0 Å². The van der Waals surface area contributed by atoms with Gasteiger partial charge < -0.3 is 15.4 Å². The Morgan fingerprint density at radius 1 is 1.30 bits per heavy atom. The number of ether oxygens (including phenoxy) is 1. The van der Waals surface area contributed by atoms with Crippen LogP contribution in [0.3, 0.4) is 0 Å². The fraction of sp³-hybridized carbons (Fsp3) is 0.533. The number of carbonyl (C=O) groups excluding carboxylic acids is 1. The zero-order valence-corrected chi connectivity index (χ0v) is 12.0. The van der Waals surface area contributed by atoms with Gasteiger partial charge in [-0.25, -0.2) is 0 Å². The van der Waals surface area contributed by atoms with Gasteiger partial charge in [-0.05, 0) is 12.5 Å². The standard InChI is InChI=1S/C15H23N3O2/c1-17-7-4-8-18(12-15(17)19)9-10-20-14-6-3-2-5-13(14)11-16/h2-3,5-6H,4,7-12,16H2,1H3. The Bertz CT molecular complexity index is 450. The molecule has 0 aromatic heterocycles. The summed E-state index contributed by atoms with van der Waals surface area (Å²) < 4.78 is 5.79. The lowest BCUT2D eigenvalue weighted by Crippen LogP contribution is -2.36. The molecule has 20 heavy (non-hydrogen) atoms. The van der Waals surface area contributed by atoms with Crippen molar-refractivity contribution in [1.82, 2.24) is 9.80 Å². The summed E-state index contributed by atoms with van der Waals surface area (Å²) in [5.41, 5.74) is 6.69. The summed E-state index contributed by atoms with van der Waals surface area (Å²) in [6.45, 7) is 4.08. The number of carbonyl (C=O) groups is 1. The Labute approximate surface area is 120 Å². The Kier molecular flexibility index (Phi) is 5.38. The van der Waals surface area contributed by atoms with Gasteiger partial charge in [0.15, 0.2) is 0 Å². The van der Waals surface area contributed by atoms with Gasteiger partial charge in [0.25, 0.3) is 0 Å². The van der Waals surface area contributed by atoms with Crippen LogP contribution in [0, 0.1) is 0 Å². The number of nitrogens with zero attached hydrogens (tertiary/aromatic N) is 2. The summed E-state index contributed by atoms with van der Waals surface area (Å²) in [5.74, 6) is 1.03. The molecule has 0 atom stereocenters. The van der Waals surface area contributed by atoms with E-state index in [2.05, 4.69) is 4.90 Å². The molecule has 0 saturated carbocycles. The molecule has 1 aliphatic heterocycles. The van der Waals surface area contributed by atoms with E-state index in [9.17, 15) is 4.79 Å². The summed E-state index contributed by atoms with van der Waals surface area (Å²) in [7, 11) is 1.86. The fourth-order valence-electron chi connectivity index (χ4n) is 2.34. The molecule has 0 spiro atoms. The van der Waals surface area contributed by atoms with Gasteiger partial charge in [0.2, 0.25) is 5.91 Å². The van der Waals surface area contributed by atoms with E-state index in [-0.39, 0.29) is 5.91 Å². The minimum Gasteiger partial charge on any atom is -0.492 e. The zero-order chi connectivity index (χ0) is 14.4. The minimum absolute atomic E-state index is 0.185. The Hall–Kier alpha value is -1.59. The Morgan fingerprint density at radius 3 is 2.90 bits per heavy atom. The van der Waals surface area contributed by atoms with Crippen LogP contribution in [0.2, 0.25) is 0 Å². The SMILES string of the molecule is CN1CCCN(CCOc2ccccc2CN)CC1=O. The highest BCUT2D eigenvalue weighted by Crippen LogP contribution is 2.17. The molecular formula is C15H23N3O2. The molecule has 1 amide bonds. The smallest absolute Gasteiger partial charge is 0.236 e. The van der Waals surface area contributed by atoms with E-state index in [0.29, 0.717) is 19.7 Å². The third-order valence-electron chi connectivity index (χ3n) is 3.61. The molecule has 110 valence electrons. The van der Waals surface area contributed by atoms with E-state index >= 15 is 0 Å². The molecule has 5 heteroatoms. The quantitative estimate of drug-likeness (QED) is 0.860. The van der Waals surface area contributed by atoms with Crippen LogP contribution in [0.4, 0.5) is 0 Å². The lowest BCUT2D eigenvalue weighted by Gasteiger charge is -2.19. The number of rotatable bonds is 5. The highest BCUT2D eigenvalue weighted by atomic mass is 16.5. The van der Waals surface area contributed by atoms with Crippen molar-refractivity contribution in [2.45, 2.75) is 13.0 Å². The monoisotopic (exact) mass is 277 g/mol. The molecule has 2 rings (SSSR count). The van der Waals surface area contributed by atoms with Crippen LogP contribution in [-0.2, 0) is 11.3 Å². The summed E-state index contributed by atoms with van der Waals surface area (Å²) >= 11 is 0. The lowest BCUT2D eigenvalue weighted by molar-refractivity contribution is -0.129. The largest absolute Gasteiger partial charge is 0.492 e. The first-order valence-electron chi connectivity index (χ1n) is 7.08. The summed E-state index contributed by atoms with van der Waals surface area (Å²) in [6.07, 6.45) is 1.02. The van der Waals surface area contributed by atoms with Gasteiger partial charge in [0, 0.05) is 38.8 Å². The predicted molar refractivity (Wildman–Crippen MR) is 78.5 cm³/mol. The summed E-state index contributed by atoms with van der Waals surface area (Å²) in [4.78, 5) is 15.7. The van der Waals surface area contributed by atoms with Crippen LogP contribution in [-0.4, -0.2) is 55.5 Å². The van der Waals surface area contributed by atoms with Crippen LogP contribution >= 0.6 is 0 Å². The lowest BCUT2D eigenvalue weighted by atomic mass is 10.2. The van der Waals surface area contributed by atoms with Gasteiger partial charge in [-0.15, -0.1) is 0 Å². The van der Waals surface area contributed by atoms with E-state index in [0.717, 1.165) is 37.4 Å². The maximum Gasteiger partial charge on any atom is 0.236 e. The van der Waals surface area contributed by atoms with Gasteiger partial charge in [0.1, 0.15) is 12.4 Å². The number of para-hydroxylation sites is 1. The predicted octanol–water partition coefficient (Wildman–Crippen LogP) is 0.688. The number of hydrogen-bond donors (Lipinski definition) is 1. The van der Waals surface area contributed by atoms with Gasteiger partial charge in [-0.2, -0.15) is 0 Å². The molecule has 1 fully saturated rings. The number of nitrogens with two attached hydrogens (primary N) is 1. The molecular weight excluding hydrogens is 254 g/mol. The van der Waals surface area contributed by atoms with Crippen LogP contribution in [0.1, 0.15) is 12.0 Å². The van der Waals surface area contributed by atoms with Crippen molar-refractivity contribution in [3.63, 3.8) is 0 Å². The molecule has 1 aromatic rings. The van der Waals surface area contributed by atoms with Crippen molar-refractivity contribution < 1.29 is 9.53 Å². The van der Waals surface area contributed by atoms with Gasteiger partial charge in [-0.3, -0.25) is 9.69 Å². The zero-order valence-electron chi connectivity index (χ0n) is 12.0. The Balaban J connectivity index is 1.82. The highest BCUT2D eigenvalue weighted by Gasteiger charge is 2.18. The average molecular weight is 277 g/mol. The summed E-state index contributed by atoms with van der Waals surface area (Å²) in [5, 5.41) is 0. The summed E-state index contributed by atoms with van der Waals surface area (Å²) in [6, 6.07) is 7.81. The van der Waals surface area contributed by atoms with E-state index < -0.39 is 0 Å². The minimum atomic E-state index is 0.185.